The van der Waals surface area contributed by atoms with Gasteiger partial charge in [0.2, 0.25) is 0 Å². The summed E-state index contributed by atoms with van der Waals surface area (Å²) in [5.74, 6) is 0.793. The normalized spacial score (nSPS) is 15.2. The van der Waals surface area contributed by atoms with Crippen LogP contribution in [0.4, 0.5) is 5.69 Å². The van der Waals surface area contributed by atoms with Crippen LogP contribution >= 0.6 is 0 Å². The number of aryl methyl sites for hydroxylation is 1. The minimum Gasteiger partial charge on any atom is -0.385 e. The average Bonchev–Trinajstić information content (AvgIpc) is 2.46. The molecule has 3 heteroatoms. The van der Waals surface area contributed by atoms with Gasteiger partial charge in [-0.25, -0.2) is 0 Å². The predicted octanol–water partition coefficient (Wildman–Crippen LogP) is 3.99. The Labute approximate surface area is 128 Å². The molecule has 0 saturated heterocycles. The largest absolute Gasteiger partial charge is 0.385 e. The number of anilines is 1. The first-order valence-corrected chi connectivity index (χ1v) is 8.24. The van der Waals surface area contributed by atoms with E-state index in [1.807, 2.05) is 18.2 Å². The van der Waals surface area contributed by atoms with Crippen LogP contribution in [0, 0.1) is 5.92 Å². The van der Waals surface area contributed by atoms with Gasteiger partial charge >= 0.3 is 0 Å². The van der Waals surface area contributed by atoms with Gasteiger partial charge in [-0.05, 0) is 55.9 Å². The molecule has 21 heavy (non-hydrogen) atoms. The highest BCUT2D eigenvalue weighted by Gasteiger charge is 2.14. The van der Waals surface area contributed by atoms with Crippen LogP contribution in [0.3, 0.4) is 0 Å². The van der Waals surface area contributed by atoms with Gasteiger partial charge in [0.25, 0.3) is 5.91 Å². The lowest BCUT2D eigenvalue weighted by atomic mass is 10.00. The monoisotopic (exact) mass is 288 g/mol. The molecule has 0 bridgehead atoms. The molecule has 1 aliphatic rings. The van der Waals surface area contributed by atoms with Gasteiger partial charge in [-0.1, -0.05) is 26.7 Å². The van der Waals surface area contributed by atoms with Gasteiger partial charge in [0, 0.05) is 23.8 Å². The van der Waals surface area contributed by atoms with Gasteiger partial charge < -0.3 is 10.6 Å². The number of fused-ring (bicyclic) bond motifs is 1. The Bertz CT molecular complexity index is 482. The van der Waals surface area contributed by atoms with Gasteiger partial charge in [0.1, 0.15) is 0 Å². The summed E-state index contributed by atoms with van der Waals surface area (Å²) in [5, 5.41) is 6.49. The van der Waals surface area contributed by atoms with Gasteiger partial charge in [-0.15, -0.1) is 0 Å². The van der Waals surface area contributed by atoms with E-state index in [9.17, 15) is 4.79 Å². The van der Waals surface area contributed by atoms with Gasteiger partial charge in [0.05, 0.1) is 0 Å². The van der Waals surface area contributed by atoms with E-state index < -0.39 is 0 Å². The lowest BCUT2D eigenvalue weighted by molar-refractivity contribution is 0.0937. The van der Waals surface area contributed by atoms with Crippen molar-refractivity contribution in [3.05, 3.63) is 29.3 Å². The topological polar surface area (TPSA) is 41.1 Å². The van der Waals surface area contributed by atoms with Crippen LogP contribution in [0.1, 0.15) is 62.4 Å². The van der Waals surface area contributed by atoms with Crippen LogP contribution in [0.5, 0.6) is 0 Å². The fourth-order valence-corrected chi connectivity index (χ4v) is 2.83. The molecule has 116 valence electrons. The van der Waals surface area contributed by atoms with E-state index in [1.54, 1.807) is 0 Å². The van der Waals surface area contributed by atoms with Crippen molar-refractivity contribution in [2.24, 2.45) is 5.92 Å². The zero-order valence-corrected chi connectivity index (χ0v) is 13.5. The Balaban J connectivity index is 1.88. The Morgan fingerprint density at radius 3 is 2.86 bits per heavy atom. The second kappa shape index (κ2) is 7.48. The summed E-state index contributed by atoms with van der Waals surface area (Å²) in [6.45, 7) is 7.61. The van der Waals surface area contributed by atoms with Crippen molar-refractivity contribution in [3.63, 3.8) is 0 Å². The minimum absolute atomic E-state index is 0.0559. The molecule has 1 aliphatic heterocycles. The molecule has 0 spiro atoms. The van der Waals surface area contributed by atoms with Crippen LogP contribution in [0.25, 0.3) is 0 Å². The predicted molar refractivity (Wildman–Crippen MR) is 88.9 cm³/mol. The van der Waals surface area contributed by atoms with E-state index in [4.69, 9.17) is 0 Å². The van der Waals surface area contributed by atoms with Crippen LogP contribution < -0.4 is 10.6 Å². The van der Waals surface area contributed by atoms with Gasteiger partial charge in [-0.2, -0.15) is 0 Å². The minimum atomic E-state index is 0.0559. The quantitative estimate of drug-likeness (QED) is 0.831. The Kier molecular flexibility index (Phi) is 5.66. The van der Waals surface area contributed by atoms with Crippen LogP contribution in [0.2, 0.25) is 0 Å². The standard InChI is InChI=1S/C18H28N2O/c1-13(2)6-4-7-14(3)20-18(21)16-9-10-17-15(12-16)8-5-11-19-17/h9-10,12-14,19H,4-8,11H2,1-3H3,(H,20,21). The molecule has 0 saturated carbocycles. The van der Waals surface area contributed by atoms with Crippen LogP contribution in [-0.4, -0.2) is 18.5 Å². The van der Waals surface area contributed by atoms with Crippen molar-refractivity contribution >= 4 is 11.6 Å². The van der Waals surface area contributed by atoms with E-state index in [2.05, 4.69) is 31.4 Å². The summed E-state index contributed by atoms with van der Waals surface area (Å²) in [5.41, 5.74) is 3.23. The molecule has 0 radical (unpaired) electrons. The maximum absolute atomic E-state index is 12.3. The summed E-state index contributed by atoms with van der Waals surface area (Å²) in [6, 6.07) is 6.24. The SMILES string of the molecule is CC(C)CCCC(C)NC(=O)c1ccc2c(c1)CCCN2. The molecule has 2 N–H and O–H groups in total. The van der Waals surface area contributed by atoms with E-state index in [0.717, 1.165) is 37.3 Å². The molecule has 0 aromatic heterocycles. The third-order valence-corrected chi connectivity index (χ3v) is 4.10. The molecule has 1 heterocycles. The molecule has 0 fully saturated rings. The van der Waals surface area contributed by atoms with Crippen molar-refractivity contribution in [2.75, 3.05) is 11.9 Å². The Morgan fingerprint density at radius 2 is 2.10 bits per heavy atom. The lowest BCUT2D eigenvalue weighted by Crippen LogP contribution is -2.32. The summed E-state index contributed by atoms with van der Waals surface area (Å²) in [4.78, 5) is 12.3. The Hall–Kier alpha value is -1.51. The zero-order valence-electron chi connectivity index (χ0n) is 13.5. The fourth-order valence-electron chi connectivity index (χ4n) is 2.83. The molecule has 2 rings (SSSR count). The van der Waals surface area contributed by atoms with Crippen molar-refractivity contribution in [1.82, 2.24) is 5.32 Å². The number of benzene rings is 1. The van der Waals surface area contributed by atoms with E-state index in [0.29, 0.717) is 0 Å². The highest BCUT2D eigenvalue weighted by Crippen LogP contribution is 2.23. The number of carbonyl (C=O) groups excluding carboxylic acids is 1. The van der Waals surface area contributed by atoms with E-state index >= 15 is 0 Å². The summed E-state index contributed by atoms with van der Waals surface area (Å²) in [6.07, 6.45) is 5.66. The number of hydrogen-bond acceptors (Lipinski definition) is 2. The number of hydrogen-bond donors (Lipinski definition) is 2. The van der Waals surface area contributed by atoms with Crippen molar-refractivity contribution in [2.45, 2.75) is 58.9 Å². The smallest absolute Gasteiger partial charge is 0.251 e. The van der Waals surface area contributed by atoms with Crippen LogP contribution in [0.15, 0.2) is 18.2 Å². The van der Waals surface area contributed by atoms with E-state index in [-0.39, 0.29) is 11.9 Å². The maximum Gasteiger partial charge on any atom is 0.251 e. The molecule has 3 nitrogen and oxygen atoms in total. The summed E-state index contributed by atoms with van der Waals surface area (Å²) < 4.78 is 0. The molecule has 1 aromatic carbocycles. The number of carbonyl (C=O) groups is 1. The first-order valence-electron chi connectivity index (χ1n) is 8.24. The Morgan fingerprint density at radius 1 is 1.29 bits per heavy atom. The first kappa shape index (κ1) is 15.9. The zero-order chi connectivity index (χ0) is 15.2. The molecular weight excluding hydrogens is 260 g/mol. The van der Waals surface area contributed by atoms with Crippen LogP contribution in [-0.2, 0) is 6.42 Å². The van der Waals surface area contributed by atoms with E-state index in [1.165, 1.54) is 24.1 Å². The van der Waals surface area contributed by atoms with Crippen molar-refractivity contribution < 1.29 is 4.79 Å². The molecule has 1 atom stereocenters. The number of nitrogens with one attached hydrogen (secondary N) is 2. The highest BCUT2D eigenvalue weighted by atomic mass is 16.1. The summed E-state index contributed by atoms with van der Waals surface area (Å²) >= 11 is 0. The second-order valence-electron chi connectivity index (χ2n) is 6.60. The average molecular weight is 288 g/mol. The maximum atomic E-state index is 12.3. The molecule has 0 aliphatic carbocycles. The third-order valence-electron chi connectivity index (χ3n) is 4.10. The van der Waals surface area contributed by atoms with Crippen molar-refractivity contribution in [3.8, 4) is 0 Å². The summed E-state index contributed by atoms with van der Waals surface area (Å²) in [7, 11) is 0. The lowest BCUT2D eigenvalue weighted by Gasteiger charge is -2.19. The number of amides is 1. The molecule has 1 amide bonds. The van der Waals surface area contributed by atoms with Gasteiger partial charge in [-0.3, -0.25) is 4.79 Å². The molecular formula is C18H28N2O. The third kappa shape index (κ3) is 4.76. The first-order chi connectivity index (χ1) is 10.1. The molecule has 1 aromatic rings. The molecule has 1 unspecified atom stereocenters. The fraction of sp³-hybridized carbons (Fsp3) is 0.611. The highest BCUT2D eigenvalue weighted by molar-refractivity contribution is 5.95. The van der Waals surface area contributed by atoms with Crippen molar-refractivity contribution in [1.29, 1.82) is 0 Å². The number of rotatable bonds is 6. The van der Waals surface area contributed by atoms with Gasteiger partial charge in [0.15, 0.2) is 0 Å². The second-order valence-corrected chi connectivity index (χ2v) is 6.60.